The quantitative estimate of drug-likeness (QED) is 0.717. The monoisotopic (exact) mass is 197 g/mol. The zero-order chi connectivity index (χ0) is 10.7. The van der Waals surface area contributed by atoms with Gasteiger partial charge in [-0.3, -0.25) is 10.0 Å². The summed E-state index contributed by atoms with van der Waals surface area (Å²) >= 11 is 0. The summed E-state index contributed by atoms with van der Waals surface area (Å²) in [4.78, 5) is 15.3. The molecule has 14 heavy (non-hydrogen) atoms. The Hall–Kier alpha value is -1.59. The molecule has 1 aromatic carbocycles. The summed E-state index contributed by atoms with van der Waals surface area (Å²) in [5.74, 6) is -1.03. The highest BCUT2D eigenvalue weighted by molar-refractivity contribution is 5.90. The van der Waals surface area contributed by atoms with E-state index in [1.807, 2.05) is 0 Å². The van der Waals surface area contributed by atoms with E-state index < -0.39 is 5.97 Å². The summed E-state index contributed by atoms with van der Waals surface area (Å²) in [5, 5.41) is 18.5. The van der Waals surface area contributed by atoms with E-state index in [1.54, 1.807) is 19.1 Å². The topological polar surface area (TPSA) is 70.0 Å². The van der Waals surface area contributed by atoms with Gasteiger partial charge in [-0.1, -0.05) is 6.07 Å². The Morgan fingerprint density at radius 2 is 2.14 bits per heavy atom. The molecule has 0 radical (unpaired) electrons. The zero-order valence-electron chi connectivity index (χ0n) is 7.89. The lowest BCUT2D eigenvalue weighted by atomic mass is 10.1. The summed E-state index contributed by atoms with van der Waals surface area (Å²) in [6, 6.07) is 4.49. The first-order chi connectivity index (χ1) is 6.56. The van der Waals surface area contributed by atoms with Gasteiger partial charge in [0.15, 0.2) is 0 Å². The zero-order valence-corrected chi connectivity index (χ0v) is 7.89. The number of carboxylic acid groups (broad SMARTS) is 1. The highest BCUT2D eigenvalue weighted by Gasteiger charge is 2.10. The van der Waals surface area contributed by atoms with Crippen LogP contribution in [0.25, 0.3) is 0 Å². The lowest BCUT2D eigenvalue weighted by Crippen LogP contribution is -2.16. The molecule has 1 rings (SSSR count). The van der Waals surface area contributed by atoms with E-state index in [9.17, 15) is 4.79 Å². The van der Waals surface area contributed by atoms with Crippen molar-refractivity contribution >= 4 is 11.7 Å². The van der Waals surface area contributed by atoms with Crippen LogP contribution in [0.5, 0.6) is 0 Å². The predicted molar refractivity (Wildman–Crippen MR) is 49.4 cm³/mol. The number of hydrogen-bond donors (Lipinski definition) is 2. The SMILES string of the molecule is CON(O)c1ccc(C)c(C(=O)O)c1. The van der Waals surface area contributed by atoms with E-state index in [1.165, 1.54) is 13.2 Å². The number of anilines is 1. The van der Waals surface area contributed by atoms with Gasteiger partial charge >= 0.3 is 5.97 Å². The Kier molecular flexibility index (Phi) is 3.06. The maximum atomic E-state index is 10.7. The van der Waals surface area contributed by atoms with E-state index in [4.69, 9.17) is 10.3 Å². The van der Waals surface area contributed by atoms with Crippen LogP contribution >= 0.6 is 0 Å². The van der Waals surface area contributed by atoms with Crippen molar-refractivity contribution in [2.45, 2.75) is 6.92 Å². The summed E-state index contributed by atoms with van der Waals surface area (Å²) in [5.41, 5.74) is 1.04. The Labute approximate surface area is 81.1 Å². The number of carboxylic acids is 1. The Bertz CT molecular complexity index is 351. The summed E-state index contributed by atoms with van der Waals surface area (Å²) in [6.45, 7) is 1.68. The minimum Gasteiger partial charge on any atom is -0.478 e. The first kappa shape index (κ1) is 10.5. The van der Waals surface area contributed by atoms with Gasteiger partial charge in [-0.2, -0.15) is 0 Å². The second kappa shape index (κ2) is 4.08. The van der Waals surface area contributed by atoms with Crippen molar-refractivity contribution in [3.8, 4) is 0 Å². The minimum absolute atomic E-state index is 0.138. The van der Waals surface area contributed by atoms with Crippen molar-refractivity contribution in [2.24, 2.45) is 0 Å². The lowest BCUT2D eigenvalue weighted by Gasteiger charge is -2.13. The predicted octanol–water partition coefficient (Wildman–Crippen LogP) is 1.45. The molecule has 0 bridgehead atoms. The fourth-order valence-corrected chi connectivity index (χ4v) is 1.06. The number of rotatable bonds is 3. The second-order valence-corrected chi connectivity index (χ2v) is 2.76. The third kappa shape index (κ3) is 2.01. The number of carbonyl (C=O) groups is 1. The average Bonchev–Trinajstić information content (AvgIpc) is 2.17. The van der Waals surface area contributed by atoms with Gasteiger partial charge in [0.25, 0.3) is 0 Å². The molecule has 0 unspecified atom stereocenters. The van der Waals surface area contributed by atoms with Crippen molar-refractivity contribution in [3.05, 3.63) is 29.3 Å². The summed E-state index contributed by atoms with van der Waals surface area (Å²) in [7, 11) is 1.28. The first-order valence-electron chi connectivity index (χ1n) is 3.93. The molecule has 1 aromatic rings. The normalized spacial score (nSPS) is 9.93. The number of aromatic carboxylic acids is 1. The van der Waals surface area contributed by atoms with Gasteiger partial charge in [0.2, 0.25) is 0 Å². The van der Waals surface area contributed by atoms with Crippen LogP contribution < -0.4 is 5.23 Å². The largest absolute Gasteiger partial charge is 0.478 e. The summed E-state index contributed by atoms with van der Waals surface area (Å²) in [6.07, 6.45) is 0. The Morgan fingerprint density at radius 3 is 2.64 bits per heavy atom. The van der Waals surface area contributed by atoms with Gasteiger partial charge in [-0.25, -0.2) is 4.79 Å². The maximum Gasteiger partial charge on any atom is 0.336 e. The fourth-order valence-electron chi connectivity index (χ4n) is 1.06. The number of aryl methyl sites for hydroxylation is 1. The minimum atomic E-state index is -1.03. The molecule has 0 aromatic heterocycles. The molecule has 0 saturated carbocycles. The highest BCUT2D eigenvalue weighted by Crippen LogP contribution is 2.18. The van der Waals surface area contributed by atoms with Crippen LogP contribution in [-0.4, -0.2) is 23.4 Å². The van der Waals surface area contributed by atoms with Crippen molar-refractivity contribution < 1.29 is 19.9 Å². The molecule has 0 heterocycles. The van der Waals surface area contributed by atoms with Gasteiger partial charge in [0.1, 0.15) is 0 Å². The number of hydrogen-bond acceptors (Lipinski definition) is 4. The van der Waals surface area contributed by atoms with Crippen molar-refractivity contribution in [2.75, 3.05) is 12.3 Å². The van der Waals surface area contributed by atoms with Crippen molar-refractivity contribution in [1.82, 2.24) is 0 Å². The number of nitrogens with zero attached hydrogens (tertiary/aromatic N) is 1. The van der Waals surface area contributed by atoms with Crippen LogP contribution in [0.2, 0.25) is 0 Å². The molecule has 0 aliphatic carbocycles. The van der Waals surface area contributed by atoms with Crippen LogP contribution in [0.15, 0.2) is 18.2 Å². The van der Waals surface area contributed by atoms with Crippen molar-refractivity contribution in [3.63, 3.8) is 0 Å². The molecule has 0 fully saturated rings. The molecule has 5 heteroatoms. The third-order valence-electron chi connectivity index (χ3n) is 1.85. The van der Waals surface area contributed by atoms with Gasteiger partial charge in [-0.05, 0) is 24.6 Å². The van der Waals surface area contributed by atoms with Crippen LogP contribution in [0.4, 0.5) is 5.69 Å². The molecule has 0 atom stereocenters. The van der Waals surface area contributed by atoms with Crippen molar-refractivity contribution in [1.29, 1.82) is 0 Å². The molecule has 0 saturated heterocycles. The van der Waals surface area contributed by atoms with Crippen LogP contribution in [0.1, 0.15) is 15.9 Å². The van der Waals surface area contributed by atoms with E-state index in [2.05, 4.69) is 4.84 Å². The molecule has 2 N–H and O–H groups in total. The third-order valence-corrected chi connectivity index (χ3v) is 1.85. The number of benzene rings is 1. The van der Waals surface area contributed by atoms with Crippen LogP contribution in [0.3, 0.4) is 0 Å². The molecule has 76 valence electrons. The van der Waals surface area contributed by atoms with Gasteiger partial charge in [-0.15, -0.1) is 5.23 Å². The maximum absolute atomic E-state index is 10.7. The second-order valence-electron chi connectivity index (χ2n) is 2.76. The Balaban J connectivity index is 3.12. The molecule has 0 spiro atoms. The highest BCUT2D eigenvalue weighted by atomic mass is 16.9. The average molecular weight is 197 g/mol. The smallest absolute Gasteiger partial charge is 0.336 e. The van der Waals surface area contributed by atoms with Crippen LogP contribution in [0, 0.1) is 6.92 Å². The molecule has 0 amide bonds. The molecule has 0 aliphatic rings. The van der Waals surface area contributed by atoms with Gasteiger partial charge in [0.05, 0.1) is 18.4 Å². The fraction of sp³-hybridized carbons (Fsp3) is 0.222. The molecular weight excluding hydrogens is 186 g/mol. The van der Waals surface area contributed by atoms with E-state index in [0.717, 1.165) is 0 Å². The van der Waals surface area contributed by atoms with Gasteiger partial charge < -0.3 is 5.11 Å². The molecule has 0 aliphatic heterocycles. The Morgan fingerprint density at radius 1 is 1.50 bits per heavy atom. The van der Waals surface area contributed by atoms with E-state index in [0.29, 0.717) is 10.8 Å². The van der Waals surface area contributed by atoms with E-state index in [-0.39, 0.29) is 11.3 Å². The summed E-state index contributed by atoms with van der Waals surface area (Å²) < 4.78 is 0. The van der Waals surface area contributed by atoms with Gasteiger partial charge in [0, 0.05) is 0 Å². The molecule has 5 nitrogen and oxygen atoms in total. The standard InChI is InChI=1S/C9H11NO4/c1-6-3-4-7(10(13)14-2)5-8(6)9(11)12/h3-5,13H,1-2H3,(H,11,12). The van der Waals surface area contributed by atoms with E-state index >= 15 is 0 Å². The molecular formula is C9H11NO4. The first-order valence-corrected chi connectivity index (χ1v) is 3.93. The lowest BCUT2D eigenvalue weighted by molar-refractivity contribution is -0.0110. The van der Waals surface area contributed by atoms with Crippen LogP contribution in [-0.2, 0) is 4.84 Å².